The molecule has 0 radical (unpaired) electrons. The fourth-order valence-corrected chi connectivity index (χ4v) is 3.27. The van der Waals surface area contributed by atoms with Crippen LogP contribution in [0.15, 0.2) is 12.4 Å². The summed E-state index contributed by atoms with van der Waals surface area (Å²) >= 11 is 0. The molecule has 2 aliphatic rings. The lowest BCUT2D eigenvalue weighted by Gasteiger charge is -2.35. The second kappa shape index (κ2) is 4.45. The number of rotatable bonds is 3. The van der Waals surface area contributed by atoms with Crippen molar-refractivity contribution in [3.8, 4) is 0 Å². The zero-order valence-corrected chi connectivity index (χ0v) is 10.5. The second-order valence-corrected chi connectivity index (χ2v) is 5.67. The van der Waals surface area contributed by atoms with Gasteiger partial charge in [0.15, 0.2) is 0 Å². The van der Waals surface area contributed by atoms with E-state index in [0.29, 0.717) is 17.9 Å². The van der Waals surface area contributed by atoms with Gasteiger partial charge in [-0.1, -0.05) is 13.3 Å². The van der Waals surface area contributed by atoms with Gasteiger partial charge in [-0.15, -0.1) is 0 Å². The van der Waals surface area contributed by atoms with E-state index in [2.05, 4.69) is 22.7 Å². The molecule has 3 unspecified atom stereocenters. The van der Waals surface area contributed by atoms with Crippen LogP contribution in [0.4, 0.5) is 0 Å². The highest BCUT2D eigenvalue weighted by molar-refractivity contribution is 5.09. The van der Waals surface area contributed by atoms with E-state index in [1.165, 1.54) is 25.1 Å². The molecule has 3 heteroatoms. The Morgan fingerprint density at radius 1 is 1.35 bits per heavy atom. The van der Waals surface area contributed by atoms with Gasteiger partial charge >= 0.3 is 0 Å². The van der Waals surface area contributed by atoms with Crippen LogP contribution < -0.4 is 0 Å². The first-order chi connectivity index (χ1) is 8.29. The summed E-state index contributed by atoms with van der Waals surface area (Å²) in [6.07, 6.45) is 10.8. The van der Waals surface area contributed by atoms with Crippen LogP contribution >= 0.6 is 0 Å². The molecule has 2 aliphatic carbocycles. The summed E-state index contributed by atoms with van der Waals surface area (Å²) < 4.78 is 2.37. The molecule has 94 valence electrons. The Balaban J connectivity index is 1.86. The Kier molecular flexibility index (Phi) is 2.95. The molecule has 1 heterocycles. The third-order valence-corrected chi connectivity index (χ3v) is 4.45. The van der Waals surface area contributed by atoms with Crippen molar-refractivity contribution in [1.82, 2.24) is 9.55 Å². The summed E-state index contributed by atoms with van der Waals surface area (Å²) in [6, 6.07) is 0.474. The summed E-state index contributed by atoms with van der Waals surface area (Å²) in [6.45, 7) is 2.27. The van der Waals surface area contributed by atoms with Crippen molar-refractivity contribution in [2.45, 2.75) is 63.5 Å². The monoisotopic (exact) mass is 234 g/mol. The summed E-state index contributed by atoms with van der Waals surface area (Å²) in [5.74, 6) is 2.68. The minimum atomic E-state index is -0.114. The second-order valence-electron chi connectivity index (χ2n) is 5.67. The van der Waals surface area contributed by atoms with Crippen LogP contribution in [0, 0.1) is 5.92 Å². The number of nitrogens with zero attached hydrogens (tertiary/aromatic N) is 2. The molecule has 3 rings (SSSR count). The van der Waals surface area contributed by atoms with Gasteiger partial charge in [-0.25, -0.2) is 4.98 Å². The van der Waals surface area contributed by atoms with Crippen molar-refractivity contribution in [1.29, 1.82) is 0 Å². The van der Waals surface area contributed by atoms with Gasteiger partial charge in [0.25, 0.3) is 0 Å². The summed E-state index contributed by atoms with van der Waals surface area (Å²) in [4.78, 5) is 4.53. The number of hydrogen-bond donors (Lipinski definition) is 1. The Morgan fingerprint density at radius 2 is 2.18 bits per heavy atom. The minimum Gasteiger partial charge on any atom is -0.393 e. The van der Waals surface area contributed by atoms with E-state index < -0.39 is 0 Å². The highest BCUT2D eigenvalue weighted by Gasteiger charge is 2.34. The Morgan fingerprint density at radius 3 is 2.88 bits per heavy atom. The molecule has 2 fully saturated rings. The van der Waals surface area contributed by atoms with Gasteiger partial charge in [-0.05, 0) is 38.0 Å². The largest absolute Gasteiger partial charge is 0.393 e. The van der Waals surface area contributed by atoms with Crippen LogP contribution in [0.5, 0.6) is 0 Å². The fourth-order valence-electron chi connectivity index (χ4n) is 3.27. The molecule has 0 bridgehead atoms. The van der Waals surface area contributed by atoms with Gasteiger partial charge in [0, 0.05) is 24.4 Å². The van der Waals surface area contributed by atoms with Crippen molar-refractivity contribution in [2.75, 3.05) is 0 Å². The van der Waals surface area contributed by atoms with Crippen LogP contribution in [-0.4, -0.2) is 20.8 Å². The van der Waals surface area contributed by atoms with Crippen molar-refractivity contribution >= 4 is 0 Å². The number of imidazole rings is 1. The van der Waals surface area contributed by atoms with E-state index in [-0.39, 0.29) is 6.10 Å². The maximum absolute atomic E-state index is 9.90. The molecular formula is C14H22N2O. The van der Waals surface area contributed by atoms with Crippen LogP contribution in [0.2, 0.25) is 0 Å². The normalized spacial score (nSPS) is 33.9. The average Bonchev–Trinajstić information content (AvgIpc) is 3.07. The first-order valence-corrected chi connectivity index (χ1v) is 7.00. The summed E-state index contributed by atoms with van der Waals surface area (Å²) in [7, 11) is 0. The lowest BCUT2D eigenvalue weighted by Crippen LogP contribution is -2.30. The van der Waals surface area contributed by atoms with Gasteiger partial charge in [-0.2, -0.15) is 0 Å². The highest BCUT2D eigenvalue weighted by atomic mass is 16.3. The summed E-state index contributed by atoms with van der Waals surface area (Å²) in [5.41, 5.74) is 0. The van der Waals surface area contributed by atoms with E-state index in [1.807, 2.05) is 6.20 Å². The van der Waals surface area contributed by atoms with E-state index in [1.54, 1.807) is 0 Å². The minimum absolute atomic E-state index is 0.114. The quantitative estimate of drug-likeness (QED) is 0.873. The van der Waals surface area contributed by atoms with E-state index in [9.17, 15) is 5.11 Å². The smallest absolute Gasteiger partial charge is 0.112 e. The standard InChI is InChI=1S/C14H22N2O/c1-2-10-5-6-12(17)9-13(10)16-8-7-15-14(16)11-3-4-11/h7-8,10-13,17H,2-6,9H2,1H3. The van der Waals surface area contributed by atoms with Gasteiger partial charge < -0.3 is 9.67 Å². The van der Waals surface area contributed by atoms with Crippen molar-refractivity contribution in [2.24, 2.45) is 5.92 Å². The average molecular weight is 234 g/mol. The maximum Gasteiger partial charge on any atom is 0.112 e. The zero-order chi connectivity index (χ0) is 11.8. The molecule has 1 aromatic rings. The number of aliphatic hydroxyl groups is 1. The van der Waals surface area contributed by atoms with Crippen LogP contribution in [0.1, 0.15) is 63.2 Å². The van der Waals surface area contributed by atoms with Crippen LogP contribution in [0.25, 0.3) is 0 Å². The Bertz CT molecular complexity index is 383. The van der Waals surface area contributed by atoms with Gasteiger partial charge in [0.2, 0.25) is 0 Å². The first-order valence-electron chi connectivity index (χ1n) is 7.00. The lowest BCUT2D eigenvalue weighted by atomic mass is 9.81. The molecule has 3 atom stereocenters. The SMILES string of the molecule is CCC1CCC(O)CC1n1ccnc1C1CC1. The number of hydrogen-bond acceptors (Lipinski definition) is 2. The van der Waals surface area contributed by atoms with E-state index in [4.69, 9.17) is 0 Å². The van der Waals surface area contributed by atoms with Crippen molar-refractivity contribution in [3.05, 3.63) is 18.2 Å². The molecule has 1 aromatic heterocycles. The van der Waals surface area contributed by atoms with Gasteiger partial charge in [0.1, 0.15) is 5.82 Å². The number of aliphatic hydroxyl groups excluding tert-OH is 1. The highest BCUT2D eigenvalue weighted by Crippen LogP contribution is 2.43. The lowest BCUT2D eigenvalue weighted by molar-refractivity contribution is 0.0702. The molecule has 3 nitrogen and oxygen atoms in total. The molecular weight excluding hydrogens is 212 g/mol. The molecule has 0 spiro atoms. The topological polar surface area (TPSA) is 38.0 Å². The van der Waals surface area contributed by atoms with Gasteiger partial charge in [0.05, 0.1) is 6.10 Å². The summed E-state index contributed by atoms with van der Waals surface area (Å²) in [5, 5.41) is 9.90. The Labute approximate surface area is 103 Å². The molecule has 1 N–H and O–H groups in total. The van der Waals surface area contributed by atoms with Gasteiger partial charge in [-0.3, -0.25) is 0 Å². The first kappa shape index (κ1) is 11.3. The predicted octanol–water partition coefficient (Wildman–Crippen LogP) is 2.87. The third-order valence-electron chi connectivity index (χ3n) is 4.45. The van der Waals surface area contributed by atoms with Crippen molar-refractivity contribution in [3.63, 3.8) is 0 Å². The zero-order valence-electron chi connectivity index (χ0n) is 10.5. The molecule has 0 amide bonds. The molecule has 0 aromatic carbocycles. The number of aromatic nitrogens is 2. The van der Waals surface area contributed by atoms with Crippen molar-refractivity contribution < 1.29 is 5.11 Å². The maximum atomic E-state index is 9.90. The fraction of sp³-hybridized carbons (Fsp3) is 0.786. The molecule has 17 heavy (non-hydrogen) atoms. The van der Waals surface area contributed by atoms with Crippen LogP contribution in [-0.2, 0) is 0 Å². The Hall–Kier alpha value is -0.830. The van der Waals surface area contributed by atoms with Crippen LogP contribution in [0.3, 0.4) is 0 Å². The van der Waals surface area contributed by atoms with E-state index in [0.717, 1.165) is 19.3 Å². The molecule has 2 saturated carbocycles. The molecule has 0 aliphatic heterocycles. The third kappa shape index (κ3) is 2.13. The predicted molar refractivity (Wildman–Crippen MR) is 66.9 cm³/mol. The molecule has 0 saturated heterocycles. The van der Waals surface area contributed by atoms with E-state index >= 15 is 0 Å².